The van der Waals surface area contributed by atoms with Crippen molar-refractivity contribution < 1.29 is 8.83 Å². The summed E-state index contributed by atoms with van der Waals surface area (Å²) in [5, 5.41) is 2.16. The first-order valence-electron chi connectivity index (χ1n) is 9.32. The minimum absolute atomic E-state index is 0.746. The average molecular weight is 352 g/mol. The van der Waals surface area contributed by atoms with Crippen molar-refractivity contribution in [3.05, 3.63) is 77.4 Å². The van der Waals surface area contributed by atoms with Gasteiger partial charge in [-0.2, -0.15) is 0 Å². The van der Waals surface area contributed by atoms with Crippen LogP contribution in [0.5, 0.6) is 0 Å². The summed E-state index contributed by atoms with van der Waals surface area (Å²) < 4.78 is 12.5. The van der Waals surface area contributed by atoms with Gasteiger partial charge in [0.05, 0.1) is 0 Å². The molecule has 0 spiro atoms. The normalized spacial score (nSPS) is 13.7. The summed E-state index contributed by atoms with van der Waals surface area (Å²) in [4.78, 5) is 0. The van der Waals surface area contributed by atoms with Gasteiger partial charge in [0.2, 0.25) is 0 Å². The molecule has 2 nitrogen and oxygen atoms in total. The molecular formula is C25H20O2. The van der Waals surface area contributed by atoms with E-state index in [0.29, 0.717) is 0 Å². The molecule has 0 bridgehead atoms. The molecule has 27 heavy (non-hydrogen) atoms. The van der Waals surface area contributed by atoms with Crippen LogP contribution in [0, 0.1) is 0 Å². The third-order valence-corrected chi connectivity index (χ3v) is 5.23. The zero-order chi connectivity index (χ0) is 18.4. The summed E-state index contributed by atoms with van der Waals surface area (Å²) in [6.45, 7) is 5.97. The number of aryl methyl sites for hydroxylation is 1. The van der Waals surface area contributed by atoms with Crippen LogP contribution in [0.2, 0.25) is 0 Å². The molecule has 132 valence electrons. The Balaban J connectivity index is 1.70. The lowest BCUT2D eigenvalue weighted by Gasteiger charge is -2.09. The summed E-state index contributed by atoms with van der Waals surface area (Å²) in [5.74, 6) is 1.51. The Morgan fingerprint density at radius 1 is 0.963 bits per heavy atom. The van der Waals surface area contributed by atoms with Crippen LogP contribution < -0.4 is 0 Å². The van der Waals surface area contributed by atoms with Crippen LogP contribution in [-0.2, 0) is 6.42 Å². The molecule has 0 saturated heterocycles. The van der Waals surface area contributed by atoms with Crippen molar-refractivity contribution in [1.29, 1.82) is 0 Å². The molecule has 0 fully saturated rings. The van der Waals surface area contributed by atoms with E-state index in [2.05, 4.69) is 55.1 Å². The zero-order valence-electron chi connectivity index (χ0n) is 15.3. The van der Waals surface area contributed by atoms with Gasteiger partial charge in [-0.05, 0) is 43.0 Å². The van der Waals surface area contributed by atoms with Gasteiger partial charge >= 0.3 is 0 Å². The van der Waals surface area contributed by atoms with E-state index in [1.54, 1.807) is 0 Å². The molecule has 1 aliphatic carbocycles. The van der Waals surface area contributed by atoms with Gasteiger partial charge in [0.25, 0.3) is 0 Å². The molecule has 0 atom stereocenters. The van der Waals surface area contributed by atoms with Crippen molar-refractivity contribution in [2.45, 2.75) is 19.8 Å². The second-order valence-corrected chi connectivity index (χ2v) is 6.91. The first-order valence-corrected chi connectivity index (χ1v) is 9.32. The number of rotatable bonds is 3. The fraction of sp³-hybridized carbons (Fsp3) is 0.120. The minimum atomic E-state index is 0.746. The molecular weight excluding hydrogens is 332 g/mol. The van der Waals surface area contributed by atoms with E-state index in [4.69, 9.17) is 8.83 Å². The van der Waals surface area contributed by atoms with Crippen LogP contribution >= 0.6 is 0 Å². The highest BCUT2D eigenvalue weighted by molar-refractivity contribution is 5.94. The van der Waals surface area contributed by atoms with Crippen LogP contribution in [-0.4, -0.2) is 0 Å². The predicted octanol–water partition coefficient (Wildman–Crippen LogP) is 7.48. The standard InChI is InChI=1S/C25H20O2/c1-3-7-16-10-12-18-14-22(26-24(18)20(16)4-2)23-15-19-13-11-17-8-5-6-9-21(17)25(19)27-23/h3-4,6-7,9-15H,2,5,8H2,1H3/b7-3-. The summed E-state index contributed by atoms with van der Waals surface area (Å²) in [7, 11) is 0. The minimum Gasteiger partial charge on any atom is -0.452 e. The summed E-state index contributed by atoms with van der Waals surface area (Å²) in [6.07, 6.45) is 12.5. The van der Waals surface area contributed by atoms with Gasteiger partial charge in [-0.15, -0.1) is 0 Å². The first kappa shape index (κ1) is 16.0. The maximum atomic E-state index is 6.25. The molecule has 2 aromatic carbocycles. The van der Waals surface area contributed by atoms with Gasteiger partial charge in [0.1, 0.15) is 11.2 Å². The Kier molecular flexibility index (Phi) is 3.64. The quantitative estimate of drug-likeness (QED) is 0.382. The van der Waals surface area contributed by atoms with Crippen molar-refractivity contribution in [3.8, 4) is 11.5 Å². The lowest BCUT2D eigenvalue weighted by molar-refractivity contribution is 0.568. The smallest absolute Gasteiger partial charge is 0.170 e. The number of hydrogen-bond donors (Lipinski definition) is 0. The number of hydrogen-bond acceptors (Lipinski definition) is 2. The van der Waals surface area contributed by atoms with Crippen LogP contribution in [0.4, 0.5) is 0 Å². The van der Waals surface area contributed by atoms with Crippen LogP contribution in [0.1, 0.15) is 35.6 Å². The fourth-order valence-electron chi connectivity index (χ4n) is 3.92. The van der Waals surface area contributed by atoms with E-state index in [-0.39, 0.29) is 0 Å². The molecule has 2 aromatic heterocycles. The summed E-state index contributed by atoms with van der Waals surface area (Å²) in [5.41, 5.74) is 6.44. The van der Waals surface area contributed by atoms with Gasteiger partial charge in [-0.1, -0.05) is 61.2 Å². The Morgan fingerprint density at radius 2 is 1.70 bits per heavy atom. The molecule has 2 heteroatoms. The highest BCUT2D eigenvalue weighted by Crippen LogP contribution is 2.37. The number of fused-ring (bicyclic) bond motifs is 4. The maximum absolute atomic E-state index is 6.25. The molecule has 4 aromatic rings. The van der Waals surface area contributed by atoms with Gasteiger partial charge in [-0.3, -0.25) is 0 Å². The topological polar surface area (TPSA) is 26.3 Å². The van der Waals surface area contributed by atoms with Crippen LogP contribution in [0.25, 0.3) is 51.7 Å². The monoisotopic (exact) mass is 352 g/mol. The van der Waals surface area contributed by atoms with E-state index in [0.717, 1.165) is 57.4 Å². The molecule has 1 aliphatic rings. The molecule has 0 N–H and O–H groups in total. The first-order chi connectivity index (χ1) is 13.3. The maximum Gasteiger partial charge on any atom is 0.170 e. The van der Waals surface area contributed by atoms with Gasteiger partial charge in [0.15, 0.2) is 11.5 Å². The lowest BCUT2D eigenvalue weighted by Crippen LogP contribution is -1.93. The van der Waals surface area contributed by atoms with Gasteiger partial charge < -0.3 is 8.83 Å². The van der Waals surface area contributed by atoms with Crippen molar-refractivity contribution in [2.75, 3.05) is 0 Å². The average Bonchev–Trinajstić information content (AvgIpc) is 3.32. The molecule has 0 radical (unpaired) electrons. The highest BCUT2D eigenvalue weighted by Gasteiger charge is 2.17. The van der Waals surface area contributed by atoms with Crippen molar-refractivity contribution in [2.24, 2.45) is 0 Å². The van der Waals surface area contributed by atoms with Gasteiger partial charge in [0, 0.05) is 21.9 Å². The van der Waals surface area contributed by atoms with E-state index in [1.165, 1.54) is 11.1 Å². The van der Waals surface area contributed by atoms with E-state index < -0.39 is 0 Å². The molecule has 0 unspecified atom stereocenters. The Morgan fingerprint density at radius 3 is 2.48 bits per heavy atom. The number of furan rings is 2. The van der Waals surface area contributed by atoms with Gasteiger partial charge in [-0.25, -0.2) is 0 Å². The third kappa shape index (κ3) is 2.48. The van der Waals surface area contributed by atoms with Crippen molar-refractivity contribution in [3.63, 3.8) is 0 Å². The Hall–Kier alpha value is -3.26. The predicted molar refractivity (Wildman–Crippen MR) is 114 cm³/mol. The molecule has 5 rings (SSSR count). The molecule has 0 saturated carbocycles. The van der Waals surface area contributed by atoms with Crippen LogP contribution in [0.15, 0.2) is 64.0 Å². The second kappa shape index (κ2) is 6.17. The zero-order valence-corrected chi connectivity index (χ0v) is 15.3. The Bertz CT molecular complexity index is 1240. The van der Waals surface area contributed by atoms with Crippen molar-refractivity contribution in [1.82, 2.24) is 0 Å². The summed E-state index contributed by atoms with van der Waals surface area (Å²) >= 11 is 0. The third-order valence-electron chi connectivity index (χ3n) is 5.23. The van der Waals surface area contributed by atoms with E-state index >= 15 is 0 Å². The lowest BCUT2D eigenvalue weighted by atomic mass is 9.96. The van der Waals surface area contributed by atoms with E-state index in [9.17, 15) is 0 Å². The highest BCUT2D eigenvalue weighted by atomic mass is 16.4. The summed E-state index contributed by atoms with van der Waals surface area (Å²) in [6, 6.07) is 12.6. The Labute approximate surface area is 158 Å². The second-order valence-electron chi connectivity index (χ2n) is 6.91. The van der Waals surface area contributed by atoms with E-state index in [1.807, 2.05) is 25.1 Å². The fourth-order valence-corrected chi connectivity index (χ4v) is 3.92. The number of allylic oxidation sites excluding steroid dienone is 2. The SMILES string of the molecule is C=Cc1c(/C=C\C)ccc2cc(-c3cc4ccc5c(c4o3)C=CCC5)oc12. The largest absolute Gasteiger partial charge is 0.452 e. The van der Waals surface area contributed by atoms with Crippen molar-refractivity contribution >= 4 is 40.2 Å². The molecule has 2 heterocycles. The number of benzene rings is 2. The molecule has 0 amide bonds. The van der Waals surface area contributed by atoms with Crippen LogP contribution in [0.3, 0.4) is 0 Å². The molecule has 0 aliphatic heterocycles.